The molecule has 0 aliphatic heterocycles. The van der Waals surface area contributed by atoms with Crippen molar-refractivity contribution in [2.45, 2.75) is 238 Å². The summed E-state index contributed by atoms with van der Waals surface area (Å²) in [6.07, 6.45) is 16.9. The van der Waals surface area contributed by atoms with E-state index in [0.29, 0.717) is 0 Å². The largest absolute Gasteiger partial charge is 0.336 e. The molecule has 0 amide bonds. The standard InChI is InChI=1S/C75H105O3P/c1-19-22-25-28-31-64(16)73(67-40-34-52(4)46-58(67)10,68-41-35-53(5)47-59(68)11)76-79(77-74(65(17)32-29-26-23-20-2,69-42-36-54(6)48-60(69)12)70-43-37-55(7)49-61(70)13)78-75(66(18)33-30-27-24-21-3,71-44-38-56(8)50-62(71)14)72-45-39-57(9)51-63(72)15/h34-51,64-66H,19-33H2,1-18H3. The van der Waals surface area contributed by atoms with Gasteiger partial charge < -0.3 is 0 Å². The lowest BCUT2D eigenvalue weighted by Gasteiger charge is -2.50. The Balaban J connectivity index is 1.87. The van der Waals surface area contributed by atoms with Crippen molar-refractivity contribution in [1.82, 2.24) is 0 Å². The molecule has 0 aliphatic carbocycles. The number of hydrogen-bond donors (Lipinski definition) is 0. The smallest absolute Gasteiger partial charge is 0.295 e. The summed E-state index contributed by atoms with van der Waals surface area (Å²) in [6, 6.07) is 42.3. The zero-order valence-electron chi connectivity index (χ0n) is 52.9. The number of aryl methyl sites for hydroxylation is 12. The molecule has 0 saturated carbocycles. The maximum absolute atomic E-state index is 8.83. The molecular formula is C75H105O3P. The third kappa shape index (κ3) is 14.6. The third-order valence-corrected chi connectivity index (χ3v) is 19.2. The molecule has 3 nitrogen and oxygen atoms in total. The molecule has 0 spiro atoms. The monoisotopic (exact) mass is 1080 g/mol. The molecule has 0 heterocycles. The number of hydrogen-bond acceptors (Lipinski definition) is 3. The fourth-order valence-corrected chi connectivity index (χ4v) is 15.6. The Kier molecular flexibility index (Phi) is 23.5. The second-order valence-corrected chi connectivity index (χ2v) is 25.9. The summed E-state index contributed by atoms with van der Waals surface area (Å²) in [7, 11) is -2.35. The molecular weight excluding hydrogens is 980 g/mol. The van der Waals surface area contributed by atoms with E-state index in [1.807, 2.05) is 0 Å². The molecule has 3 atom stereocenters. The van der Waals surface area contributed by atoms with E-state index in [-0.39, 0.29) is 17.8 Å². The maximum Gasteiger partial charge on any atom is 0.336 e. The molecule has 0 radical (unpaired) electrons. The van der Waals surface area contributed by atoms with Gasteiger partial charge in [0.2, 0.25) is 0 Å². The second kappa shape index (κ2) is 29.0. The average Bonchev–Trinajstić information content (AvgIpc) is 3.41. The minimum Gasteiger partial charge on any atom is -0.295 e. The Morgan fingerprint density at radius 1 is 0.291 bits per heavy atom. The van der Waals surface area contributed by atoms with Crippen molar-refractivity contribution in [3.63, 3.8) is 0 Å². The number of unbranched alkanes of at least 4 members (excludes halogenated alkanes) is 9. The summed E-state index contributed by atoms with van der Waals surface area (Å²) in [4.78, 5) is 0. The van der Waals surface area contributed by atoms with Crippen LogP contribution in [0.25, 0.3) is 0 Å². The molecule has 6 aromatic rings. The second-order valence-electron chi connectivity index (χ2n) is 24.9. The Labute approximate surface area is 484 Å². The molecule has 3 unspecified atom stereocenters. The topological polar surface area (TPSA) is 27.7 Å². The van der Waals surface area contributed by atoms with E-state index in [9.17, 15) is 0 Å². The van der Waals surface area contributed by atoms with Gasteiger partial charge in [-0.3, -0.25) is 13.6 Å². The van der Waals surface area contributed by atoms with Gasteiger partial charge in [0.05, 0.1) is 0 Å². The fourth-order valence-electron chi connectivity index (χ4n) is 13.6. The lowest BCUT2D eigenvalue weighted by molar-refractivity contribution is -0.0627. The van der Waals surface area contributed by atoms with E-state index in [0.717, 1.165) is 38.5 Å². The van der Waals surface area contributed by atoms with E-state index >= 15 is 0 Å². The molecule has 0 fully saturated rings. The highest BCUT2D eigenvalue weighted by Gasteiger charge is 2.55. The van der Waals surface area contributed by atoms with Crippen LogP contribution in [0.1, 0.15) is 238 Å². The van der Waals surface area contributed by atoms with Gasteiger partial charge in [-0.1, -0.05) is 261 Å². The quantitative estimate of drug-likeness (QED) is 0.0332. The molecule has 4 heteroatoms. The predicted octanol–water partition coefficient (Wildman–Crippen LogP) is 22.6. The molecule has 428 valence electrons. The maximum atomic E-state index is 8.83. The summed E-state index contributed by atoms with van der Waals surface area (Å²) in [5.41, 5.74) is 18.8. The summed E-state index contributed by atoms with van der Waals surface area (Å²) in [6.45, 7) is 41.5. The summed E-state index contributed by atoms with van der Waals surface area (Å²) in [5, 5.41) is 0. The first-order chi connectivity index (χ1) is 37.7. The zero-order valence-corrected chi connectivity index (χ0v) is 53.8. The van der Waals surface area contributed by atoms with Crippen molar-refractivity contribution in [1.29, 1.82) is 0 Å². The molecule has 0 bridgehead atoms. The van der Waals surface area contributed by atoms with Gasteiger partial charge in [0.15, 0.2) is 0 Å². The van der Waals surface area contributed by atoms with Crippen LogP contribution in [0.4, 0.5) is 0 Å². The first-order valence-corrected chi connectivity index (χ1v) is 32.1. The number of benzene rings is 6. The van der Waals surface area contributed by atoms with Crippen molar-refractivity contribution >= 4 is 8.60 Å². The Morgan fingerprint density at radius 2 is 0.481 bits per heavy atom. The predicted molar refractivity (Wildman–Crippen MR) is 342 cm³/mol. The van der Waals surface area contributed by atoms with Crippen LogP contribution in [0.15, 0.2) is 109 Å². The molecule has 6 rings (SSSR count). The van der Waals surface area contributed by atoms with Crippen molar-refractivity contribution < 1.29 is 13.6 Å². The molecule has 0 aromatic heterocycles. The van der Waals surface area contributed by atoms with Crippen LogP contribution in [0.5, 0.6) is 0 Å². The fraction of sp³-hybridized carbons (Fsp3) is 0.520. The van der Waals surface area contributed by atoms with Gasteiger partial charge in [0, 0.05) is 0 Å². The highest BCUT2D eigenvalue weighted by molar-refractivity contribution is 7.41. The van der Waals surface area contributed by atoms with Gasteiger partial charge in [-0.25, -0.2) is 0 Å². The van der Waals surface area contributed by atoms with E-state index in [1.54, 1.807) is 0 Å². The summed E-state index contributed by atoms with van der Waals surface area (Å²) >= 11 is 0. The lowest BCUT2D eigenvalue weighted by atomic mass is 9.72. The minimum atomic E-state index is -2.35. The summed E-state index contributed by atoms with van der Waals surface area (Å²) in [5.74, 6) is 0.0710. The van der Waals surface area contributed by atoms with Gasteiger partial charge in [-0.2, -0.15) is 0 Å². The van der Waals surface area contributed by atoms with E-state index in [1.165, 1.54) is 158 Å². The first kappa shape index (κ1) is 63.8. The third-order valence-electron chi connectivity index (χ3n) is 17.9. The van der Waals surface area contributed by atoms with Gasteiger partial charge in [-0.05, 0) is 187 Å². The van der Waals surface area contributed by atoms with Gasteiger partial charge in [-0.15, -0.1) is 0 Å². The molecule has 0 N–H and O–H groups in total. The van der Waals surface area contributed by atoms with Crippen molar-refractivity contribution in [2.24, 2.45) is 17.8 Å². The van der Waals surface area contributed by atoms with Crippen LogP contribution in [-0.4, -0.2) is 0 Å². The van der Waals surface area contributed by atoms with Crippen LogP contribution in [-0.2, 0) is 30.4 Å². The average molecular weight is 1090 g/mol. The zero-order chi connectivity index (χ0) is 57.7. The van der Waals surface area contributed by atoms with Gasteiger partial charge in [0.1, 0.15) is 16.8 Å². The van der Waals surface area contributed by atoms with Crippen LogP contribution >= 0.6 is 8.60 Å². The Bertz CT molecular complexity index is 2440. The summed E-state index contributed by atoms with van der Waals surface area (Å²) < 4.78 is 26.5. The van der Waals surface area contributed by atoms with E-state index in [4.69, 9.17) is 13.6 Å². The van der Waals surface area contributed by atoms with Crippen LogP contribution < -0.4 is 0 Å². The van der Waals surface area contributed by atoms with Crippen LogP contribution in [0, 0.1) is 101 Å². The molecule has 0 saturated heterocycles. The minimum absolute atomic E-state index is 0.0237. The number of rotatable bonds is 30. The van der Waals surface area contributed by atoms with Crippen LogP contribution in [0.3, 0.4) is 0 Å². The normalized spacial score (nSPS) is 13.9. The Hall–Kier alpha value is -4.37. The van der Waals surface area contributed by atoms with Crippen molar-refractivity contribution in [3.8, 4) is 0 Å². The Morgan fingerprint density at radius 3 is 0.646 bits per heavy atom. The SMILES string of the molecule is CCCCCCC(C)C(OP(OC(c1ccc(C)cc1C)(c1ccc(C)cc1C)C(C)CCCCCC)OC(c1ccc(C)cc1C)(c1ccc(C)cc1C)C(C)CCCCCC)(c1ccc(C)cc1C)c1ccc(C)cc1C. The highest BCUT2D eigenvalue weighted by atomic mass is 31.2. The molecule has 0 aliphatic rings. The van der Waals surface area contributed by atoms with Gasteiger partial charge >= 0.3 is 8.60 Å². The highest BCUT2D eigenvalue weighted by Crippen LogP contribution is 2.65. The van der Waals surface area contributed by atoms with Crippen molar-refractivity contribution in [2.75, 3.05) is 0 Å². The lowest BCUT2D eigenvalue weighted by Crippen LogP contribution is -2.44. The van der Waals surface area contributed by atoms with Crippen LogP contribution in [0.2, 0.25) is 0 Å². The molecule has 79 heavy (non-hydrogen) atoms. The van der Waals surface area contributed by atoms with E-state index < -0.39 is 25.4 Å². The van der Waals surface area contributed by atoms with E-state index in [2.05, 4.69) is 234 Å². The first-order valence-electron chi connectivity index (χ1n) is 31.0. The molecule has 6 aromatic carbocycles. The van der Waals surface area contributed by atoms with Crippen molar-refractivity contribution in [3.05, 3.63) is 209 Å². The van der Waals surface area contributed by atoms with Gasteiger partial charge in [0.25, 0.3) is 0 Å².